The predicted molar refractivity (Wildman–Crippen MR) is 144 cm³/mol. The van der Waals surface area contributed by atoms with Crippen molar-refractivity contribution < 1.29 is 19.1 Å². The molecule has 184 valence electrons. The van der Waals surface area contributed by atoms with Gasteiger partial charge in [-0.05, 0) is 102 Å². The molecule has 0 aromatic heterocycles. The average Bonchev–Trinajstić information content (AvgIpc) is 2.86. The van der Waals surface area contributed by atoms with Crippen molar-refractivity contribution in [2.45, 2.75) is 20.8 Å². The molecule has 0 saturated carbocycles. The van der Waals surface area contributed by atoms with E-state index in [0.717, 1.165) is 16.8 Å². The first-order valence-electron chi connectivity index (χ1n) is 11.2. The number of carbonyl (C=O) groups is 2. The van der Waals surface area contributed by atoms with Crippen molar-refractivity contribution in [2.24, 2.45) is 0 Å². The lowest BCUT2D eigenvalue weighted by molar-refractivity contribution is -0.118. The number of aryl methyl sites for hydroxylation is 1. The molecule has 2 amide bonds. The van der Waals surface area contributed by atoms with E-state index in [0.29, 0.717) is 33.8 Å². The van der Waals surface area contributed by atoms with Crippen LogP contribution in [0.2, 0.25) is 0 Å². The van der Waals surface area contributed by atoms with E-state index in [1.807, 2.05) is 45.0 Å². The van der Waals surface area contributed by atoms with Crippen LogP contribution in [0.3, 0.4) is 0 Å². The molecule has 0 aliphatic rings. The van der Waals surface area contributed by atoms with Gasteiger partial charge in [0.05, 0.1) is 11.1 Å². The molecule has 0 radical (unpaired) electrons. The van der Waals surface area contributed by atoms with Crippen molar-refractivity contribution in [3.05, 3.63) is 87.4 Å². The molecule has 0 fully saturated rings. The van der Waals surface area contributed by atoms with Crippen LogP contribution in [0, 0.1) is 25.2 Å². The average molecular weight is 548 g/mol. The first-order valence-corrected chi connectivity index (χ1v) is 12.0. The van der Waals surface area contributed by atoms with Gasteiger partial charge in [0.15, 0.2) is 6.61 Å². The molecular weight excluding hydrogens is 522 g/mol. The van der Waals surface area contributed by atoms with E-state index in [4.69, 9.17) is 9.47 Å². The number of nitrogens with zero attached hydrogens (tertiary/aromatic N) is 1. The van der Waals surface area contributed by atoms with Gasteiger partial charge in [-0.25, -0.2) is 0 Å². The highest BCUT2D eigenvalue weighted by Crippen LogP contribution is 2.27. The number of halogens is 1. The number of rotatable bonds is 9. The molecule has 3 rings (SSSR count). The number of hydrogen-bond donors (Lipinski definition) is 2. The van der Waals surface area contributed by atoms with Crippen LogP contribution >= 0.6 is 15.9 Å². The summed E-state index contributed by atoms with van der Waals surface area (Å²) in [6, 6.07) is 19.6. The zero-order chi connectivity index (χ0) is 26.1. The van der Waals surface area contributed by atoms with Crippen molar-refractivity contribution in [2.75, 3.05) is 23.8 Å². The Morgan fingerprint density at radius 1 is 1.03 bits per heavy atom. The summed E-state index contributed by atoms with van der Waals surface area (Å²) in [7, 11) is 0. The smallest absolute Gasteiger partial charge is 0.266 e. The number of anilines is 2. The number of nitrogens with one attached hydrogen (secondary N) is 2. The van der Waals surface area contributed by atoms with E-state index in [2.05, 4.69) is 26.6 Å². The van der Waals surface area contributed by atoms with Crippen LogP contribution in [-0.2, 0) is 9.59 Å². The van der Waals surface area contributed by atoms with Crippen LogP contribution in [0.25, 0.3) is 6.08 Å². The number of hydrogen-bond acceptors (Lipinski definition) is 5. The first-order chi connectivity index (χ1) is 17.3. The third-order valence-corrected chi connectivity index (χ3v) is 5.91. The van der Waals surface area contributed by atoms with Crippen LogP contribution in [0.15, 0.2) is 70.7 Å². The number of amides is 2. The Kier molecular flexibility index (Phi) is 9.25. The van der Waals surface area contributed by atoms with Gasteiger partial charge >= 0.3 is 0 Å². The maximum absolute atomic E-state index is 12.6. The van der Waals surface area contributed by atoms with Gasteiger partial charge in [-0.1, -0.05) is 18.2 Å². The lowest BCUT2D eigenvalue weighted by atomic mass is 10.1. The Balaban J connectivity index is 1.62. The maximum atomic E-state index is 12.6. The van der Waals surface area contributed by atoms with Gasteiger partial charge in [0, 0.05) is 11.4 Å². The number of benzene rings is 3. The van der Waals surface area contributed by atoms with Gasteiger partial charge in [0.1, 0.15) is 23.1 Å². The zero-order valence-corrected chi connectivity index (χ0v) is 21.8. The van der Waals surface area contributed by atoms with Gasteiger partial charge in [-0.2, -0.15) is 5.26 Å². The number of carbonyl (C=O) groups excluding carboxylic acids is 2. The molecule has 8 heteroatoms. The van der Waals surface area contributed by atoms with E-state index in [1.165, 1.54) is 6.08 Å². The summed E-state index contributed by atoms with van der Waals surface area (Å²) in [5.74, 6) is 0.348. The lowest BCUT2D eigenvalue weighted by Gasteiger charge is -2.12. The molecule has 0 saturated heterocycles. The molecule has 0 heterocycles. The van der Waals surface area contributed by atoms with Crippen LogP contribution in [0.1, 0.15) is 23.6 Å². The van der Waals surface area contributed by atoms with Crippen LogP contribution in [0.5, 0.6) is 11.5 Å². The Morgan fingerprint density at radius 3 is 2.44 bits per heavy atom. The second-order valence-corrected chi connectivity index (χ2v) is 8.71. The van der Waals surface area contributed by atoms with Crippen LogP contribution in [-0.4, -0.2) is 25.0 Å². The fourth-order valence-corrected chi connectivity index (χ4v) is 3.77. The fourth-order valence-electron chi connectivity index (χ4n) is 3.25. The van der Waals surface area contributed by atoms with Gasteiger partial charge in [0.25, 0.3) is 11.8 Å². The molecule has 7 nitrogen and oxygen atoms in total. The van der Waals surface area contributed by atoms with Crippen LogP contribution < -0.4 is 20.1 Å². The van der Waals surface area contributed by atoms with Crippen LogP contribution in [0.4, 0.5) is 11.4 Å². The van der Waals surface area contributed by atoms with Gasteiger partial charge < -0.3 is 20.1 Å². The second kappa shape index (κ2) is 12.6. The van der Waals surface area contributed by atoms with E-state index in [-0.39, 0.29) is 18.1 Å². The lowest BCUT2D eigenvalue weighted by Crippen LogP contribution is -2.20. The number of nitriles is 1. The summed E-state index contributed by atoms with van der Waals surface area (Å²) in [4.78, 5) is 24.9. The Labute approximate surface area is 218 Å². The quantitative estimate of drug-likeness (QED) is 0.251. The summed E-state index contributed by atoms with van der Waals surface area (Å²) < 4.78 is 11.6. The molecule has 0 bridgehead atoms. The third-order valence-electron chi connectivity index (χ3n) is 5.29. The molecular formula is C28H26BrN3O4. The molecule has 3 aromatic rings. The predicted octanol–water partition coefficient (Wildman–Crippen LogP) is 6.03. The van der Waals surface area contributed by atoms with Crippen molar-refractivity contribution >= 4 is 45.2 Å². The van der Waals surface area contributed by atoms with Crippen molar-refractivity contribution in [3.8, 4) is 17.6 Å². The van der Waals surface area contributed by atoms with Gasteiger partial charge in [-0.3, -0.25) is 9.59 Å². The standard InChI is InChI=1S/C28H26BrN3O4/c1-4-35-23-11-9-22(10-12-23)31-28(34)21(16-30)14-20-8-13-26(24(29)15-20)36-17-27(33)32-25-7-5-6-18(2)19(25)3/h5-15H,4,17H2,1-3H3,(H,31,34)(H,32,33)/b21-14+. The molecule has 0 spiro atoms. The zero-order valence-electron chi connectivity index (χ0n) is 20.2. The Hall–Kier alpha value is -4.09. The summed E-state index contributed by atoms with van der Waals surface area (Å²) in [5, 5.41) is 15.1. The minimum Gasteiger partial charge on any atom is -0.494 e. The van der Waals surface area contributed by atoms with Gasteiger partial charge in [0.2, 0.25) is 0 Å². The van der Waals surface area contributed by atoms with E-state index >= 15 is 0 Å². The summed E-state index contributed by atoms with van der Waals surface area (Å²) in [5.41, 5.74) is 3.95. The SMILES string of the molecule is CCOc1ccc(NC(=O)/C(C#N)=C/c2ccc(OCC(=O)Nc3cccc(C)c3C)c(Br)c2)cc1. The molecule has 0 unspecified atom stereocenters. The molecule has 0 atom stereocenters. The van der Waals surface area contributed by atoms with E-state index in [1.54, 1.807) is 42.5 Å². The highest BCUT2D eigenvalue weighted by molar-refractivity contribution is 9.10. The molecule has 2 N–H and O–H groups in total. The second-order valence-electron chi connectivity index (χ2n) is 7.86. The minimum atomic E-state index is -0.527. The molecule has 3 aromatic carbocycles. The molecule has 0 aliphatic carbocycles. The summed E-state index contributed by atoms with van der Waals surface area (Å²) in [6.07, 6.45) is 1.48. The van der Waals surface area contributed by atoms with Crippen molar-refractivity contribution in [1.82, 2.24) is 0 Å². The van der Waals surface area contributed by atoms with Crippen molar-refractivity contribution in [3.63, 3.8) is 0 Å². The summed E-state index contributed by atoms with van der Waals surface area (Å²) >= 11 is 3.43. The van der Waals surface area contributed by atoms with Crippen molar-refractivity contribution in [1.29, 1.82) is 5.26 Å². The third kappa shape index (κ3) is 7.20. The topological polar surface area (TPSA) is 100 Å². The summed E-state index contributed by atoms with van der Waals surface area (Å²) in [6.45, 7) is 6.20. The highest BCUT2D eigenvalue weighted by atomic mass is 79.9. The van der Waals surface area contributed by atoms with E-state index < -0.39 is 5.91 Å². The molecule has 0 aliphatic heterocycles. The Morgan fingerprint density at radius 2 is 1.78 bits per heavy atom. The monoisotopic (exact) mass is 547 g/mol. The minimum absolute atomic E-state index is 0.0580. The Bertz CT molecular complexity index is 1330. The molecule has 36 heavy (non-hydrogen) atoms. The van der Waals surface area contributed by atoms with Gasteiger partial charge in [-0.15, -0.1) is 0 Å². The number of ether oxygens (including phenoxy) is 2. The highest BCUT2D eigenvalue weighted by Gasteiger charge is 2.12. The maximum Gasteiger partial charge on any atom is 0.266 e. The normalized spacial score (nSPS) is 10.8. The van der Waals surface area contributed by atoms with E-state index in [9.17, 15) is 14.9 Å². The first kappa shape index (κ1) is 26.5. The largest absolute Gasteiger partial charge is 0.494 e. The fraction of sp³-hybridized carbons (Fsp3) is 0.179.